The quantitative estimate of drug-likeness (QED) is 0.715. The molecular formula is C11H18N6. The molecule has 0 radical (unpaired) electrons. The van der Waals surface area contributed by atoms with Gasteiger partial charge in [-0.25, -0.2) is 4.98 Å². The summed E-state index contributed by atoms with van der Waals surface area (Å²) < 4.78 is 3.97. The first-order valence-electron chi connectivity index (χ1n) is 5.94. The van der Waals surface area contributed by atoms with Crippen LogP contribution in [0.3, 0.4) is 0 Å². The van der Waals surface area contributed by atoms with Crippen LogP contribution in [0.1, 0.15) is 19.0 Å². The molecule has 0 aliphatic carbocycles. The molecule has 2 heterocycles. The van der Waals surface area contributed by atoms with Crippen LogP contribution >= 0.6 is 0 Å². The second-order valence-corrected chi connectivity index (χ2v) is 3.92. The lowest BCUT2D eigenvalue weighted by Crippen LogP contribution is -2.18. The van der Waals surface area contributed by atoms with Gasteiger partial charge in [0.05, 0.1) is 24.8 Å². The van der Waals surface area contributed by atoms with Crippen LogP contribution in [0.5, 0.6) is 0 Å². The first-order chi connectivity index (χ1) is 8.40. The van der Waals surface area contributed by atoms with Crippen LogP contribution in [0.2, 0.25) is 0 Å². The third kappa shape index (κ3) is 3.39. The highest BCUT2D eigenvalue weighted by Crippen LogP contribution is 1.99. The molecule has 2 aromatic heterocycles. The number of hydrogen-bond donors (Lipinski definition) is 1. The molecule has 6 nitrogen and oxygen atoms in total. The number of nitrogens with zero attached hydrogens (tertiary/aromatic N) is 5. The molecule has 0 saturated heterocycles. The van der Waals surface area contributed by atoms with Gasteiger partial charge in [-0.3, -0.25) is 4.68 Å². The molecule has 0 aromatic carbocycles. The van der Waals surface area contributed by atoms with Gasteiger partial charge in [-0.2, -0.15) is 0 Å². The summed E-state index contributed by atoms with van der Waals surface area (Å²) >= 11 is 0. The molecule has 6 heteroatoms. The normalized spacial score (nSPS) is 10.9. The predicted molar refractivity (Wildman–Crippen MR) is 64.2 cm³/mol. The van der Waals surface area contributed by atoms with Crippen molar-refractivity contribution < 1.29 is 0 Å². The van der Waals surface area contributed by atoms with Crippen LogP contribution < -0.4 is 5.32 Å². The minimum Gasteiger partial charge on any atom is -0.332 e. The molecule has 0 aliphatic rings. The van der Waals surface area contributed by atoms with Gasteiger partial charge in [0.15, 0.2) is 0 Å². The zero-order chi connectivity index (χ0) is 11.9. The molecule has 0 fully saturated rings. The van der Waals surface area contributed by atoms with E-state index in [0.29, 0.717) is 0 Å². The molecule has 0 aliphatic heterocycles. The number of aromatic nitrogens is 5. The van der Waals surface area contributed by atoms with Crippen LogP contribution in [-0.4, -0.2) is 31.1 Å². The molecule has 92 valence electrons. The average Bonchev–Trinajstić information content (AvgIpc) is 2.97. The number of imidazole rings is 1. The highest BCUT2D eigenvalue weighted by molar-refractivity contribution is 4.97. The Kier molecular flexibility index (Phi) is 4.26. The maximum Gasteiger partial charge on any atom is 0.0949 e. The molecule has 0 saturated carbocycles. The van der Waals surface area contributed by atoms with Gasteiger partial charge >= 0.3 is 0 Å². The molecule has 17 heavy (non-hydrogen) atoms. The standard InChI is InChI=1S/C11H18N6/c1-2-3-12-8-11-9-13-10-16(11)6-7-17-5-4-14-15-17/h4-5,9-10,12H,2-3,6-8H2,1H3. The Balaban J connectivity index is 1.85. The van der Waals surface area contributed by atoms with Crippen molar-refractivity contribution in [1.82, 2.24) is 29.9 Å². The van der Waals surface area contributed by atoms with E-state index in [1.54, 1.807) is 6.20 Å². The maximum atomic E-state index is 4.18. The van der Waals surface area contributed by atoms with E-state index in [1.165, 1.54) is 5.69 Å². The molecule has 0 amide bonds. The fourth-order valence-electron chi connectivity index (χ4n) is 1.65. The second kappa shape index (κ2) is 6.15. The molecule has 1 N–H and O–H groups in total. The van der Waals surface area contributed by atoms with Crippen LogP contribution in [0.4, 0.5) is 0 Å². The van der Waals surface area contributed by atoms with Gasteiger partial charge in [-0.05, 0) is 13.0 Å². The van der Waals surface area contributed by atoms with Crippen molar-refractivity contribution in [2.75, 3.05) is 6.54 Å². The molecule has 0 spiro atoms. The minimum absolute atomic E-state index is 0.817. The number of nitrogens with one attached hydrogen (secondary N) is 1. The molecule has 0 bridgehead atoms. The van der Waals surface area contributed by atoms with Crippen molar-refractivity contribution in [3.8, 4) is 0 Å². The molecule has 0 unspecified atom stereocenters. The monoisotopic (exact) mass is 234 g/mol. The maximum absolute atomic E-state index is 4.18. The van der Waals surface area contributed by atoms with E-state index in [9.17, 15) is 0 Å². The lowest BCUT2D eigenvalue weighted by atomic mass is 10.4. The Bertz CT molecular complexity index is 419. The fourth-order valence-corrected chi connectivity index (χ4v) is 1.65. The zero-order valence-electron chi connectivity index (χ0n) is 10.1. The van der Waals surface area contributed by atoms with Crippen molar-refractivity contribution in [3.05, 3.63) is 30.6 Å². The van der Waals surface area contributed by atoms with Crippen molar-refractivity contribution in [1.29, 1.82) is 0 Å². The summed E-state index contributed by atoms with van der Waals surface area (Å²) in [5.74, 6) is 0. The Morgan fingerprint density at radius 1 is 1.35 bits per heavy atom. The summed E-state index contributed by atoms with van der Waals surface area (Å²) in [6.45, 7) is 5.75. The molecule has 2 rings (SSSR count). The third-order valence-corrected chi connectivity index (χ3v) is 2.57. The molecule has 0 atom stereocenters. The third-order valence-electron chi connectivity index (χ3n) is 2.57. The SMILES string of the molecule is CCCNCc1cncn1CCn1ccnn1. The van der Waals surface area contributed by atoms with E-state index in [0.717, 1.165) is 32.6 Å². The summed E-state index contributed by atoms with van der Waals surface area (Å²) in [5.41, 5.74) is 1.21. The summed E-state index contributed by atoms with van der Waals surface area (Å²) in [7, 11) is 0. The first kappa shape index (κ1) is 11.8. The summed E-state index contributed by atoms with van der Waals surface area (Å²) in [5, 5.41) is 11.1. The van der Waals surface area contributed by atoms with Crippen LogP contribution in [0, 0.1) is 0 Å². The van der Waals surface area contributed by atoms with Gasteiger partial charge in [-0.15, -0.1) is 5.10 Å². The van der Waals surface area contributed by atoms with E-state index in [2.05, 4.69) is 32.1 Å². The topological polar surface area (TPSA) is 60.6 Å². The largest absolute Gasteiger partial charge is 0.332 e. The van der Waals surface area contributed by atoms with Crippen molar-refractivity contribution >= 4 is 0 Å². The van der Waals surface area contributed by atoms with Gasteiger partial charge in [-0.1, -0.05) is 12.1 Å². The van der Waals surface area contributed by atoms with Crippen molar-refractivity contribution in [2.24, 2.45) is 0 Å². The van der Waals surface area contributed by atoms with Gasteiger partial charge in [0, 0.05) is 25.5 Å². The van der Waals surface area contributed by atoms with E-state index in [1.807, 2.05) is 23.4 Å². The number of aryl methyl sites for hydroxylation is 2. The van der Waals surface area contributed by atoms with Crippen molar-refractivity contribution in [2.45, 2.75) is 33.0 Å². The highest BCUT2D eigenvalue weighted by Gasteiger charge is 2.01. The summed E-state index contributed by atoms with van der Waals surface area (Å²) in [6, 6.07) is 0. The predicted octanol–water partition coefficient (Wildman–Crippen LogP) is 0.674. The Hall–Kier alpha value is -1.69. The lowest BCUT2D eigenvalue weighted by molar-refractivity contribution is 0.503. The molecule has 2 aromatic rings. The average molecular weight is 234 g/mol. The minimum atomic E-state index is 0.817. The van der Waals surface area contributed by atoms with Gasteiger partial charge in [0.2, 0.25) is 0 Å². The fraction of sp³-hybridized carbons (Fsp3) is 0.545. The Labute approximate surface area is 101 Å². The van der Waals surface area contributed by atoms with E-state index >= 15 is 0 Å². The highest BCUT2D eigenvalue weighted by atomic mass is 15.4. The van der Waals surface area contributed by atoms with E-state index < -0.39 is 0 Å². The van der Waals surface area contributed by atoms with Crippen LogP contribution in [0.15, 0.2) is 24.9 Å². The van der Waals surface area contributed by atoms with Gasteiger partial charge in [0.1, 0.15) is 0 Å². The van der Waals surface area contributed by atoms with Crippen LogP contribution in [-0.2, 0) is 19.6 Å². The molecular weight excluding hydrogens is 216 g/mol. The van der Waals surface area contributed by atoms with Crippen LogP contribution in [0.25, 0.3) is 0 Å². The van der Waals surface area contributed by atoms with Gasteiger partial charge < -0.3 is 9.88 Å². The first-order valence-corrected chi connectivity index (χ1v) is 5.94. The summed E-state index contributed by atoms with van der Waals surface area (Å²) in [6.07, 6.45) is 8.47. The lowest BCUT2D eigenvalue weighted by Gasteiger charge is -2.08. The second-order valence-electron chi connectivity index (χ2n) is 3.92. The zero-order valence-corrected chi connectivity index (χ0v) is 10.1. The van der Waals surface area contributed by atoms with E-state index in [-0.39, 0.29) is 0 Å². The smallest absolute Gasteiger partial charge is 0.0949 e. The van der Waals surface area contributed by atoms with Gasteiger partial charge in [0.25, 0.3) is 0 Å². The summed E-state index contributed by atoms with van der Waals surface area (Å²) in [4.78, 5) is 4.18. The number of rotatable bonds is 7. The Morgan fingerprint density at radius 3 is 3.06 bits per heavy atom. The number of hydrogen-bond acceptors (Lipinski definition) is 4. The van der Waals surface area contributed by atoms with Crippen molar-refractivity contribution in [3.63, 3.8) is 0 Å². The van der Waals surface area contributed by atoms with E-state index in [4.69, 9.17) is 0 Å². The Morgan fingerprint density at radius 2 is 2.29 bits per heavy atom.